The Kier molecular flexibility index (Phi) is 3.58. The zero-order chi connectivity index (χ0) is 14.3. The van der Waals surface area contributed by atoms with Crippen molar-refractivity contribution in [2.75, 3.05) is 7.11 Å². The van der Waals surface area contributed by atoms with Crippen molar-refractivity contribution >= 4 is 0 Å². The van der Waals surface area contributed by atoms with Gasteiger partial charge in [-0.2, -0.15) is 0 Å². The van der Waals surface area contributed by atoms with Crippen LogP contribution in [0.25, 0.3) is 0 Å². The second kappa shape index (κ2) is 4.76. The zero-order valence-corrected chi connectivity index (χ0v) is 11.9. The number of fused-ring (bicyclic) bond motifs is 1. The summed E-state index contributed by atoms with van der Waals surface area (Å²) in [6, 6.07) is 4.25. The fourth-order valence-corrected chi connectivity index (χ4v) is 2.78. The maximum Gasteiger partial charge on any atom is 0.128 e. The van der Waals surface area contributed by atoms with Crippen LogP contribution < -0.4 is 4.74 Å². The fraction of sp³-hybridized carbons (Fsp3) is 0.600. The van der Waals surface area contributed by atoms with Gasteiger partial charge in [0.25, 0.3) is 0 Å². The monoisotopic (exact) mass is 268 g/mol. The van der Waals surface area contributed by atoms with Crippen molar-refractivity contribution in [3.8, 4) is 5.75 Å². The van der Waals surface area contributed by atoms with E-state index in [0.717, 1.165) is 0 Å². The summed E-state index contributed by atoms with van der Waals surface area (Å²) in [5, 5.41) is 10.2. The summed E-state index contributed by atoms with van der Waals surface area (Å²) in [7, 11) is 1.65. The number of aliphatic hydroxyl groups excluding tert-OH is 1. The first-order valence-corrected chi connectivity index (χ1v) is 6.46. The Balaban J connectivity index is 2.28. The van der Waals surface area contributed by atoms with Crippen molar-refractivity contribution in [1.82, 2.24) is 0 Å². The highest BCUT2D eigenvalue weighted by atomic mass is 19.1. The van der Waals surface area contributed by atoms with E-state index >= 15 is 0 Å². The van der Waals surface area contributed by atoms with Crippen LogP contribution in [-0.2, 0) is 4.74 Å². The zero-order valence-electron chi connectivity index (χ0n) is 11.9. The lowest BCUT2D eigenvalue weighted by atomic mass is 9.82. The quantitative estimate of drug-likeness (QED) is 0.914. The van der Waals surface area contributed by atoms with Crippen LogP contribution in [0.1, 0.15) is 45.3 Å². The molecule has 0 amide bonds. The maximum atomic E-state index is 13.3. The van der Waals surface area contributed by atoms with Gasteiger partial charge in [-0.05, 0) is 32.9 Å². The largest absolute Gasteiger partial charge is 0.487 e. The summed E-state index contributed by atoms with van der Waals surface area (Å²) in [4.78, 5) is 0. The van der Waals surface area contributed by atoms with Gasteiger partial charge in [0.05, 0.1) is 11.7 Å². The van der Waals surface area contributed by atoms with Gasteiger partial charge in [0.2, 0.25) is 0 Å². The van der Waals surface area contributed by atoms with Crippen LogP contribution in [0.5, 0.6) is 5.75 Å². The van der Waals surface area contributed by atoms with E-state index in [-0.39, 0.29) is 11.4 Å². The molecule has 0 bridgehead atoms. The van der Waals surface area contributed by atoms with Gasteiger partial charge in [0.15, 0.2) is 0 Å². The Morgan fingerprint density at radius 3 is 2.84 bits per heavy atom. The van der Waals surface area contributed by atoms with E-state index in [1.165, 1.54) is 12.1 Å². The van der Waals surface area contributed by atoms with Crippen LogP contribution in [0.15, 0.2) is 18.2 Å². The molecule has 0 saturated heterocycles. The lowest BCUT2D eigenvalue weighted by molar-refractivity contribution is -0.0747. The van der Waals surface area contributed by atoms with E-state index in [4.69, 9.17) is 9.47 Å². The van der Waals surface area contributed by atoms with E-state index in [2.05, 4.69) is 0 Å². The molecule has 19 heavy (non-hydrogen) atoms. The van der Waals surface area contributed by atoms with Crippen molar-refractivity contribution in [2.45, 2.75) is 50.9 Å². The first-order chi connectivity index (χ1) is 8.75. The molecule has 0 radical (unpaired) electrons. The van der Waals surface area contributed by atoms with Crippen LogP contribution in [0, 0.1) is 5.82 Å². The molecule has 3 nitrogen and oxygen atoms in total. The summed E-state index contributed by atoms with van der Waals surface area (Å²) in [6.45, 7) is 5.86. The third-order valence-corrected chi connectivity index (χ3v) is 3.67. The molecule has 4 heteroatoms. The predicted octanol–water partition coefficient (Wildman–Crippen LogP) is 3.22. The Morgan fingerprint density at radius 1 is 1.53 bits per heavy atom. The second-order valence-corrected chi connectivity index (χ2v) is 6.09. The van der Waals surface area contributed by atoms with Crippen molar-refractivity contribution in [3.63, 3.8) is 0 Å². The molecule has 2 rings (SSSR count). The molecule has 0 aromatic heterocycles. The summed E-state index contributed by atoms with van der Waals surface area (Å²) in [5.41, 5.74) is -0.284. The van der Waals surface area contributed by atoms with Gasteiger partial charge in [-0.3, -0.25) is 0 Å². The van der Waals surface area contributed by atoms with E-state index in [9.17, 15) is 9.50 Å². The van der Waals surface area contributed by atoms with Crippen molar-refractivity contribution < 1.29 is 19.0 Å². The second-order valence-electron chi connectivity index (χ2n) is 6.09. The molecule has 1 N–H and O–H groups in total. The van der Waals surface area contributed by atoms with Gasteiger partial charge < -0.3 is 14.6 Å². The minimum absolute atomic E-state index is 0.360. The Labute approximate surface area is 113 Å². The third kappa shape index (κ3) is 3.07. The van der Waals surface area contributed by atoms with Crippen LogP contribution in [0.4, 0.5) is 4.39 Å². The van der Waals surface area contributed by atoms with E-state index in [1.54, 1.807) is 13.2 Å². The molecule has 1 aromatic carbocycles. The molecular formula is C15H21FO3. The fourth-order valence-electron chi connectivity index (χ4n) is 2.78. The van der Waals surface area contributed by atoms with Crippen molar-refractivity contribution in [1.29, 1.82) is 0 Å². The first-order valence-electron chi connectivity index (χ1n) is 6.46. The predicted molar refractivity (Wildman–Crippen MR) is 70.7 cm³/mol. The third-order valence-electron chi connectivity index (χ3n) is 3.67. The Bertz CT molecular complexity index is 472. The number of aliphatic hydroxyl groups is 1. The lowest BCUT2D eigenvalue weighted by Gasteiger charge is -2.42. The summed E-state index contributed by atoms with van der Waals surface area (Å²) >= 11 is 0. The number of hydrogen-bond donors (Lipinski definition) is 1. The molecule has 1 aliphatic heterocycles. The molecule has 1 aliphatic rings. The highest BCUT2D eigenvalue weighted by Crippen LogP contribution is 2.43. The molecule has 1 aromatic rings. The van der Waals surface area contributed by atoms with Gasteiger partial charge in [-0.1, -0.05) is 0 Å². The molecule has 0 fully saturated rings. The van der Waals surface area contributed by atoms with Crippen LogP contribution in [-0.4, -0.2) is 23.4 Å². The van der Waals surface area contributed by atoms with E-state index in [1.807, 2.05) is 20.8 Å². The maximum absolute atomic E-state index is 13.3. The number of ether oxygens (including phenoxy) is 2. The minimum Gasteiger partial charge on any atom is -0.487 e. The van der Waals surface area contributed by atoms with Gasteiger partial charge in [-0.15, -0.1) is 0 Å². The number of benzene rings is 1. The molecular weight excluding hydrogens is 247 g/mol. The topological polar surface area (TPSA) is 38.7 Å². The highest BCUT2D eigenvalue weighted by molar-refractivity contribution is 5.38. The van der Waals surface area contributed by atoms with E-state index in [0.29, 0.717) is 24.2 Å². The summed E-state index contributed by atoms with van der Waals surface area (Å²) in [6.07, 6.45) is 0.448. The van der Waals surface area contributed by atoms with E-state index < -0.39 is 11.7 Å². The van der Waals surface area contributed by atoms with Gasteiger partial charge in [0.1, 0.15) is 17.2 Å². The van der Waals surface area contributed by atoms with Gasteiger partial charge in [-0.25, -0.2) is 4.39 Å². The van der Waals surface area contributed by atoms with Crippen LogP contribution >= 0.6 is 0 Å². The first kappa shape index (κ1) is 14.3. The Morgan fingerprint density at radius 2 is 2.21 bits per heavy atom. The summed E-state index contributed by atoms with van der Waals surface area (Å²) in [5.74, 6) is 0.0642. The normalized spacial score (nSPS) is 26.7. The standard InChI is InChI=1S/C15H21FO3/c1-14(2,18-4)9-15(3)8-12(17)11-6-5-10(16)7-13(11)19-15/h5-7,12,17H,8-9H2,1-4H3/t12-,15?/m0/s1. The lowest BCUT2D eigenvalue weighted by Crippen LogP contribution is -2.44. The smallest absolute Gasteiger partial charge is 0.128 e. The number of methoxy groups -OCH3 is 1. The molecule has 106 valence electrons. The van der Waals surface area contributed by atoms with Gasteiger partial charge in [0, 0.05) is 31.6 Å². The molecule has 0 saturated carbocycles. The number of rotatable bonds is 3. The van der Waals surface area contributed by atoms with Crippen LogP contribution in [0.2, 0.25) is 0 Å². The number of hydrogen-bond acceptors (Lipinski definition) is 3. The van der Waals surface area contributed by atoms with Crippen molar-refractivity contribution in [2.24, 2.45) is 0 Å². The average molecular weight is 268 g/mol. The van der Waals surface area contributed by atoms with Crippen molar-refractivity contribution in [3.05, 3.63) is 29.6 Å². The molecule has 0 spiro atoms. The van der Waals surface area contributed by atoms with Crippen LogP contribution in [0.3, 0.4) is 0 Å². The summed E-state index contributed by atoms with van der Waals surface area (Å²) < 4.78 is 24.6. The van der Waals surface area contributed by atoms with Gasteiger partial charge >= 0.3 is 0 Å². The average Bonchev–Trinajstić information content (AvgIpc) is 2.26. The highest BCUT2D eigenvalue weighted by Gasteiger charge is 2.40. The molecule has 2 atom stereocenters. The minimum atomic E-state index is -0.637. The molecule has 1 unspecified atom stereocenters. The molecule has 0 aliphatic carbocycles. The molecule has 1 heterocycles. The SMILES string of the molecule is COC(C)(C)CC1(C)C[C@H](O)c2ccc(F)cc2O1. The Hall–Kier alpha value is -1.13. The number of halogens is 1.